The molecule has 0 spiro atoms. The summed E-state index contributed by atoms with van der Waals surface area (Å²) in [5, 5.41) is 0. The SMILES string of the molecule is Cc1ccc(C)c(S(=O)(=O)N2CCCN(C3CCC3)CC2)c1. The van der Waals surface area contributed by atoms with Crippen LogP contribution in [-0.2, 0) is 10.0 Å². The number of benzene rings is 1. The van der Waals surface area contributed by atoms with Crippen molar-refractivity contribution in [2.75, 3.05) is 26.2 Å². The summed E-state index contributed by atoms with van der Waals surface area (Å²) in [5.74, 6) is 0. The summed E-state index contributed by atoms with van der Waals surface area (Å²) >= 11 is 0. The van der Waals surface area contributed by atoms with Crippen LogP contribution in [0.3, 0.4) is 0 Å². The van der Waals surface area contributed by atoms with Crippen LogP contribution in [-0.4, -0.2) is 49.8 Å². The average Bonchev–Trinajstić information content (AvgIpc) is 2.66. The summed E-state index contributed by atoms with van der Waals surface area (Å²) in [4.78, 5) is 2.96. The Hall–Kier alpha value is -0.910. The highest BCUT2D eigenvalue weighted by Gasteiger charge is 2.31. The summed E-state index contributed by atoms with van der Waals surface area (Å²) in [5.41, 5.74) is 1.83. The smallest absolute Gasteiger partial charge is 0.243 e. The number of rotatable bonds is 3. The Kier molecular flexibility index (Phi) is 4.57. The lowest BCUT2D eigenvalue weighted by molar-refractivity contribution is 0.134. The molecule has 5 heteroatoms. The first kappa shape index (κ1) is 16.0. The molecule has 2 aliphatic rings. The van der Waals surface area contributed by atoms with E-state index in [0.29, 0.717) is 24.0 Å². The number of aryl methyl sites for hydroxylation is 2. The highest BCUT2D eigenvalue weighted by Crippen LogP contribution is 2.27. The molecule has 1 saturated carbocycles. The van der Waals surface area contributed by atoms with Crippen molar-refractivity contribution in [3.8, 4) is 0 Å². The summed E-state index contributed by atoms with van der Waals surface area (Å²) in [7, 11) is -3.37. The molecule has 1 aliphatic carbocycles. The van der Waals surface area contributed by atoms with Crippen molar-refractivity contribution in [2.45, 2.75) is 50.5 Å². The Bertz CT molecular complexity index is 638. The number of hydrogen-bond acceptors (Lipinski definition) is 3. The molecule has 0 bridgehead atoms. The van der Waals surface area contributed by atoms with E-state index in [1.807, 2.05) is 26.0 Å². The molecule has 1 aromatic carbocycles. The Labute approximate surface area is 134 Å². The van der Waals surface area contributed by atoms with Crippen LogP contribution in [0.15, 0.2) is 23.1 Å². The largest absolute Gasteiger partial charge is 0.299 e. The van der Waals surface area contributed by atoms with Crippen molar-refractivity contribution in [3.63, 3.8) is 0 Å². The van der Waals surface area contributed by atoms with Crippen LogP contribution in [0, 0.1) is 13.8 Å². The third-order valence-corrected chi connectivity index (χ3v) is 7.08. The zero-order chi connectivity index (χ0) is 15.7. The van der Waals surface area contributed by atoms with Gasteiger partial charge in [-0.25, -0.2) is 8.42 Å². The van der Waals surface area contributed by atoms with Crippen molar-refractivity contribution >= 4 is 10.0 Å². The van der Waals surface area contributed by atoms with E-state index in [1.54, 1.807) is 10.4 Å². The van der Waals surface area contributed by atoms with Crippen molar-refractivity contribution in [3.05, 3.63) is 29.3 Å². The van der Waals surface area contributed by atoms with Gasteiger partial charge in [0.25, 0.3) is 0 Å². The van der Waals surface area contributed by atoms with Gasteiger partial charge in [0.1, 0.15) is 0 Å². The van der Waals surface area contributed by atoms with E-state index in [2.05, 4.69) is 4.90 Å². The van der Waals surface area contributed by atoms with Crippen LogP contribution in [0.25, 0.3) is 0 Å². The normalized spacial score (nSPS) is 22.3. The third kappa shape index (κ3) is 3.07. The number of hydrogen-bond donors (Lipinski definition) is 0. The Balaban J connectivity index is 1.78. The molecule has 0 unspecified atom stereocenters. The molecule has 122 valence electrons. The quantitative estimate of drug-likeness (QED) is 0.859. The second-order valence-corrected chi connectivity index (χ2v) is 8.55. The first-order valence-electron chi connectivity index (χ1n) is 8.30. The molecule has 0 atom stereocenters. The van der Waals surface area contributed by atoms with Crippen LogP contribution in [0.2, 0.25) is 0 Å². The molecule has 3 rings (SSSR count). The number of sulfonamides is 1. The lowest BCUT2D eigenvalue weighted by Gasteiger charge is -2.36. The van der Waals surface area contributed by atoms with Gasteiger partial charge in [0.05, 0.1) is 4.90 Å². The van der Waals surface area contributed by atoms with Gasteiger partial charge < -0.3 is 0 Å². The molecule has 0 amide bonds. The monoisotopic (exact) mass is 322 g/mol. The van der Waals surface area contributed by atoms with E-state index in [1.165, 1.54) is 19.3 Å². The van der Waals surface area contributed by atoms with E-state index in [9.17, 15) is 8.42 Å². The summed E-state index contributed by atoms with van der Waals surface area (Å²) in [6.07, 6.45) is 4.82. The number of nitrogens with zero attached hydrogens (tertiary/aromatic N) is 2. The van der Waals surface area contributed by atoms with Gasteiger partial charge in [0, 0.05) is 25.7 Å². The molecular weight excluding hydrogens is 296 g/mol. The molecular formula is C17H26N2O2S. The van der Waals surface area contributed by atoms with Crippen LogP contribution in [0.4, 0.5) is 0 Å². The van der Waals surface area contributed by atoms with Gasteiger partial charge in [-0.05, 0) is 56.8 Å². The molecule has 0 aromatic heterocycles. The minimum atomic E-state index is -3.37. The predicted octanol–water partition coefficient (Wildman–Crippen LogP) is 2.55. The molecule has 0 radical (unpaired) electrons. The average molecular weight is 322 g/mol. The van der Waals surface area contributed by atoms with Crippen LogP contribution >= 0.6 is 0 Å². The Morgan fingerprint density at radius 3 is 2.45 bits per heavy atom. The van der Waals surface area contributed by atoms with Crippen LogP contribution in [0.5, 0.6) is 0 Å². The Morgan fingerprint density at radius 1 is 1.00 bits per heavy atom. The van der Waals surface area contributed by atoms with Gasteiger partial charge in [-0.2, -0.15) is 4.31 Å². The lowest BCUT2D eigenvalue weighted by atomic mass is 9.91. The predicted molar refractivity (Wildman–Crippen MR) is 88.5 cm³/mol. The molecule has 22 heavy (non-hydrogen) atoms. The van der Waals surface area contributed by atoms with E-state index in [-0.39, 0.29) is 0 Å². The fourth-order valence-corrected chi connectivity index (χ4v) is 5.17. The van der Waals surface area contributed by atoms with Crippen molar-refractivity contribution in [1.29, 1.82) is 0 Å². The van der Waals surface area contributed by atoms with Gasteiger partial charge in [0.15, 0.2) is 0 Å². The highest BCUT2D eigenvalue weighted by molar-refractivity contribution is 7.89. The first-order valence-corrected chi connectivity index (χ1v) is 9.74. The third-order valence-electron chi connectivity index (χ3n) is 5.04. The fourth-order valence-electron chi connectivity index (χ4n) is 3.40. The molecule has 2 fully saturated rings. The zero-order valence-corrected chi connectivity index (χ0v) is 14.4. The first-order chi connectivity index (χ1) is 10.5. The van der Waals surface area contributed by atoms with E-state index in [0.717, 1.165) is 30.6 Å². The fraction of sp³-hybridized carbons (Fsp3) is 0.647. The summed E-state index contributed by atoms with van der Waals surface area (Å²) in [6, 6.07) is 6.37. The van der Waals surface area contributed by atoms with Gasteiger partial charge >= 0.3 is 0 Å². The second kappa shape index (κ2) is 6.30. The topological polar surface area (TPSA) is 40.6 Å². The maximum atomic E-state index is 13.0. The van der Waals surface area contributed by atoms with E-state index < -0.39 is 10.0 Å². The molecule has 1 aliphatic heterocycles. The van der Waals surface area contributed by atoms with Crippen LogP contribution < -0.4 is 0 Å². The van der Waals surface area contributed by atoms with Crippen molar-refractivity contribution < 1.29 is 8.42 Å². The maximum absolute atomic E-state index is 13.0. The minimum Gasteiger partial charge on any atom is -0.299 e. The zero-order valence-electron chi connectivity index (χ0n) is 13.6. The van der Waals surface area contributed by atoms with Crippen molar-refractivity contribution in [1.82, 2.24) is 9.21 Å². The standard InChI is InChI=1S/C17H26N2O2S/c1-14-7-8-15(2)17(13-14)22(20,21)19-10-4-9-18(11-12-19)16-5-3-6-16/h7-8,13,16H,3-6,9-12H2,1-2H3. The lowest BCUT2D eigenvalue weighted by Crippen LogP contribution is -2.42. The summed E-state index contributed by atoms with van der Waals surface area (Å²) < 4.78 is 27.6. The van der Waals surface area contributed by atoms with Gasteiger partial charge in [0.2, 0.25) is 10.0 Å². The molecule has 0 N–H and O–H groups in total. The summed E-state index contributed by atoms with van der Waals surface area (Å²) in [6.45, 7) is 6.98. The van der Waals surface area contributed by atoms with E-state index >= 15 is 0 Å². The van der Waals surface area contributed by atoms with Gasteiger partial charge in [-0.3, -0.25) is 4.90 Å². The second-order valence-electron chi connectivity index (χ2n) is 6.65. The maximum Gasteiger partial charge on any atom is 0.243 e. The molecule has 1 heterocycles. The molecule has 1 saturated heterocycles. The van der Waals surface area contributed by atoms with Crippen LogP contribution in [0.1, 0.15) is 36.8 Å². The van der Waals surface area contributed by atoms with Gasteiger partial charge in [-0.15, -0.1) is 0 Å². The van der Waals surface area contributed by atoms with Crippen molar-refractivity contribution in [2.24, 2.45) is 0 Å². The molecule has 4 nitrogen and oxygen atoms in total. The van der Waals surface area contributed by atoms with E-state index in [4.69, 9.17) is 0 Å². The highest BCUT2D eigenvalue weighted by atomic mass is 32.2. The van der Waals surface area contributed by atoms with Gasteiger partial charge in [-0.1, -0.05) is 18.6 Å². The Morgan fingerprint density at radius 2 is 1.77 bits per heavy atom. The minimum absolute atomic E-state index is 0.476. The molecule has 1 aromatic rings.